The van der Waals surface area contributed by atoms with Gasteiger partial charge in [0.15, 0.2) is 0 Å². The van der Waals surface area contributed by atoms with E-state index in [2.05, 4.69) is 15.0 Å². The molecule has 0 saturated heterocycles. The van der Waals surface area contributed by atoms with Crippen molar-refractivity contribution in [3.05, 3.63) is 67.1 Å². The van der Waals surface area contributed by atoms with Gasteiger partial charge < -0.3 is 57.7 Å². The Balaban J connectivity index is -0.0000000889. The van der Waals surface area contributed by atoms with E-state index >= 15 is 0 Å². The largest absolute Gasteiger partial charge is 2.00 e. The number of rotatable bonds is 2. The molecule has 0 radical (unpaired) electrons. The van der Waals surface area contributed by atoms with Gasteiger partial charge in [0.2, 0.25) is 0 Å². The Labute approximate surface area is 181 Å². The first-order valence-electron chi connectivity index (χ1n) is 5.73. The molecule has 0 saturated carbocycles. The van der Waals surface area contributed by atoms with Crippen LogP contribution < -0.4 is 24.8 Å². The van der Waals surface area contributed by atoms with Gasteiger partial charge in [0.1, 0.15) is 0 Å². The Kier molecular flexibility index (Phi) is 37.2. The third-order valence-corrected chi connectivity index (χ3v) is 2.66. The van der Waals surface area contributed by atoms with Crippen LogP contribution in [0.15, 0.2) is 67.1 Å². The molecular formula is C15H23Cl2N3O6Ru. The van der Waals surface area contributed by atoms with Crippen LogP contribution >= 0.6 is 0 Å². The van der Waals surface area contributed by atoms with Crippen molar-refractivity contribution < 1.29 is 77.1 Å². The second kappa shape index (κ2) is 22.5. The van der Waals surface area contributed by atoms with Crippen molar-refractivity contribution in [2.24, 2.45) is 0 Å². The predicted molar refractivity (Wildman–Crippen MR) is 92.4 cm³/mol. The van der Waals surface area contributed by atoms with Crippen LogP contribution in [0.5, 0.6) is 0 Å². The summed E-state index contributed by atoms with van der Waals surface area (Å²) in [5.41, 5.74) is 3.62. The Bertz CT molecular complexity index is 613. The van der Waals surface area contributed by atoms with E-state index in [0.717, 1.165) is 22.6 Å². The summed E-state index contributed by atoms with van der Waals surface area (Å²) >= 11 is 0. The summed E-state index contributed by atoms with van der Waals surface area (Å²) in [5, 5.41) is 0. The third kappa shape index (κ3) is 11.0. The summed E-state index contributed by atoms with van der Waals surface area (Å²) in [6.45, 7) is 0. The number of hydrogen-bond acceptors (Lipinski definition) is 3. The maximum absolute atomic E-state index is 4.42. The van der Waals surface area contributed by atoms with E-state index in [9.17, 15) is 0 Å². The molecule has 0 fully saturated rings. The first-order valence-corrected chi connectivity index (χ1v) is 5.73. The standard InChI is InChI=1S/C15H11N3.2ClH.6H2O.Ru/c1-3-9-16-13(7-1)12-6-5-11-18-15(12)14-8-2-4-10-17-14;;;;;;;;;/h1-11H;2*1H;6*1H2;/q;;;;;;;;;+2/p-2. The first kappa shape index (κ1) is 44.7. The van der Waals surface area contributed by atoms with Crippen molar-refractivity contribution >= 4 is 0 Å². The van der Waals surface area contributed by atoms with E-state index in [-0.39, 0.29) is 77.1 Å². The van der Waals surface area contributed by atoms with Crippen molar-refractivity contribution in [3.63, 3.8) is 0 Å². The molecule has 12 heteroatoms. The molecule has 0 spiro atoms. The zero-order valence-electron chi connectivity index (χ0n) is 13.8. The number of nitrogens with zero attached hydrogens (tertiary/aromatic N) is 3. The molecule has 3 aromatic rings. The molecule has 0 bridgehead atoms. The van der Waals surface area contributed by atoms with Crippen molar-refractivity contribution in [1.82, 2.24) is 15.0 Å². The van der Waals surface area contributed by atoms with Gasteiger partial charge >= 0.3 is 19.5 Å². The van der Waals surface area contributed by atoms with Crippen LogP contribution in [0, 0.1) is 0 Å². The van der Waals surface area contributed by atoms with Crippen LogP contribution in [0.3, 0.4) is 0 Å². The van der Waals surface area contributed by atoms with Gasteiger partial charge in [-0.25, -0.2) is 0 Å². The number of hydrogen-bond donors (Lipinski definition) is 0. The fourth-order valence-corrected chi connectivity index (χ4v) is 1.84. The second-order valence-corrected chi connectivity index (χ2v) is 3.83. The van der Waals surface area contributed by atoms with Crippen LogP contribution in [0.4, 0.5) is 0 Å². The molecular weight excluding hydrogens is 490 g/mol. The van der Waals surface area contributed by atoms with Crippen molar-refractivity contribution in [2.75, 3.05) is 0 Å². The molecule has 0 aliphatic carbocycles. The zero-order chi connectivity index (χ0) is 12.2. The SMILES string of the molecule is O.O.O.O.O.O.[Cl-].[Cl-].[Ru+2].c1ccc(-c2cccnc2-c2ccccn2)nc1. The Morgan fingerprint density at radius 3 is 1.37 bits per heavy atom. The molecule has 12 N–H and O–H groups in total. The van der Waals surface area contributed by atoms with E-state index in [4.69, 9.17) is 0 Å². The van der Waals surface area contributed by atoms with Crippen molar-refractivity contribution in [3.8, 4) is 22.6 Å². The van der Waals surface area contributed by atoms with Gasteiger partial charge in [-0.2, -0.15) is 0 Å². The Hall–Kier alpha value is -1.59. The average Bonchev–Trinajstić information content (AvgIpc) is 2.49. The monoisotopic (exact) mass is 513 g/mol. The molecule has 0 unspecified atom stereocenters. The third-order valence-electron chi connectivity index (χ3n) is 2.66. The van der Waals surface area contributed by atoms with E-state index in [0.29, 0.717) is 0 Å². The van der Waals surface area contributed by atoms with Gasteiger partial charge in [-0.1, -0.05) is 12.1 Å². The van der Waals surface area contributed by atoms with Gasteiger partial charge in [-0.3, -0.25) is 15.0 Å². The minimum atomic E-state index is 0. The molecule has 9 nitrogen and oxygen atoms in total. The minimum Gasteiger partial charge on any atom is -1.00 e. The van der Waals surface area contributed by atoms with E-state index in [1.54, 1.807) is 18.6 Å². The molecule has 3 aromatic heterocycles. The van der Waals surface area contributed by atoms with Crippen LogP contribution in [0.1, 0.15) is 0 Å². The number of halogens is 2. The van der Waals surface area contributed by atoms with Crippen molar-refractivity contribution in [1.29, 1.82) is 0 Å². The van der Waals surface area contributed by atoms with Crippen LogP contribution in [-0.4, -0.2) is 47.8 Å². The normalized spacial score (nSPS) is 6.81. The molecule has 0 aliphatic rings. The summed E-state index contributed by atoms with van der Waals surface area (Å²) < 4.78 is 0. The van der Waals surface area contributed by atoms with Gasteiger partial charge in [0.05, 0.1) is 17.1 Å². The predicted octanol–water partition coefficient (Wildman–Crippen LogP) is -7.74. The second-order valence-electron chi connectivity index (χ2n) is 3.83. The summed E-state index contributed by atoms with van der Waals surface area (Å²) in [6.07, 6.45) is 5.33. The average molecular weight is 513 g/mol. The maximum atomic E-state index is 4.42. The van der Waals surface area contributed by atoms with Crippen LogP contribution in [0.2, 0.25) is 0 Å². The van der Waals surface area contributed by atoms with Crippen molar-refractivity contribution in [2.45, 2.75) is 0 Å². The minimum absolute atomic E-state index is 0. The van der Waals surface area contributed by atoms with Gasteiger partial charge in [0, 0.05) is 24.2 Å². The van der Waals surface area contributed by atoms with Crippen LogP contribution in [-0.2, 0) is 19.5 Å². The van der Waals surface area contributed by atoms with Gasteiger partial charge in [0.25, 0.3) is 0 Å². The van der Waals surface area contributed by atoms with Gasteiger partial charge in [-0.05, 0) is 36.4 Å². The van der Waals surface area contributed by atoms with E-state index < -0.39 is 0 Å². The zero-order valence-corrected chi connectivity index (χ0v) is 17.1. The summed E-state index contributed by atoms with van der Waals surface area (Å²) in [7, 11) is 0. The molecule has 3 rings (SSSR count). The molecule has 156 valence electrons. The van der Waals surface area contributed by atoms with E-state index in [1.165, 1.54) is 0 Å². The summed E-state index contributed by atoms with van der Waals surface area (Å²) in [5.74, 6) is 0. The molecule has 27 heavy (non-hydrogen) atoms. The first-order chi connectivity index (χ1) is 8.95. The Morgan fingerprint density at radius 1 is 0.481 bits per heavy atom. The summed E-state index contributed by atoms with van der Waals surface area (Å²) in [4.78, 5) is 13.1. The van der Waals surface area contributed by atoms with Crippen LogP contribution in [0.25, 0.3) is 22.6 Å². The molecule has 0 amide bonds. The fourth-order valence-electron chi connectivity index (χ4n) is 1.84. The maximum Gasteiger partial charge on any atom is 2.00 e. The number of pyridine rings is 3. The van der Waals surface area contributed by atoms with E-state index in [1.807, 2.05) is 48.5 Å². The molecule has 0 atom stereocenters. The quantitative estimate of drug-likeness (QED) is 0.304. The molecule has 0 aliphatic heterocycles. The smallest absolute Gasteiger partial charge is 1.00 e. The molecule has 3 heterocycles. The Morgan fingerprint density at radius 2 is 0.926 bits per heavy atom. The fraction of sp³-hybridized carbons (Fsp3) is 0. The summed E-state index contributed by atoms with van der Waals surface area (Å²) in [6, 6.07) is 15.6. The molecule has 0 aromatic carbocycles. The topological polar surface area (TPSA) is 228 Å². The number of aromatic nitrogens is 3. The van der Waals surface area contributed by atoms with Gasteiger partial charge in [-0.15, -0.1) is 0 Å².